The smallest absolute Gasteiger partial charge is 0.323 e. The summed E-state index contributed by atoms with van der Waals surface area (Å²) in [6.45, 7) is 3.55. The van der Waals surface area contributed by atoms with Gasteiger partial charge in [-0.2, -0.15) is 5.10 Å². The van der Waals surface area contributed by atoms with Gasteiger partial charge in [0.05, 0.1) is 0 Å². The van der Waals surface area contributed by atoms with E-state index >= 15 is 0 Å². The molecule has 0 unspecified atom stereocenters. The van der Waals surface area contributed by atoms with Crippen molar-refractivity contribution in [3.63, 3.8) is 0 Å². The highest BCUT2D eigenvalue weighted by atomic mass is 16.4. The number of carboxylic acid groups (broad SMARTS) is 1. The van der Waals surface area contributed by atoms with Crippen LogP contribution in [0.1, 0.15) is 35.9 Å². The van der Waals surface area contributed by atoms with Crippen LogP contribution in [0, 0.1) is 0 Å². The first kappa shape index (κ1) is 14.8. The van der Waals surface area contributed by atoms with Crippen molar-refractivity contribution in [3.05, 3.63) is 47.8 Å². The van der Waals surface area contributed by atoms with E-state index in [0.717, 1.165) is 5.69 Å². The number of benzene rings is 1. The topological polar surface area (TPSA) is 86.3 Å². The van der Waals surface area contributed by atoms with E-state index in [2.05, 4.69) is 10.2 Å². The van der Waals surface area contributed by atoms with Crippen LogP contribution in [-0.4, -0.2) is 33.7 Å². The molecule has 2 rings (SSSR count). The molecule has 0 fully saturated rings. The first-order chi connectivity index (χ1) is 9.99. The third kappa shape index (κ3) is 3.47. The van der Waals surface area contributed by atoms with E-state index < -0.39 is 18.4 Å². The molecule has 1 heterocycles. The summed E-state index contributed by atoms with van der Waals surface area (Å²) >= 11 is 0. The number of hydrogen-bond acceptors (Lipinski definition) is 3. The fourth-order valence-corrected chi connectivity index (χ4v) is 1.90. The lowest BCUT2D eigenvalue weighted by molar-refractivity contribution is -0.135. The van der Waals surface area contributed by atoms with Crippen molar-refractivity contribution in [2.24, 2.45) is 0 Å². The van der Waals surface area contributed by atoms with E-state index in [1.165, 1.54) is 4.90 Å². The predicted molar refractivity (Wildman–Crippen MR) is 78.4 cm³/mol. The zero-order chi connectivity index (χ0) is 15.4. The highest BCUT2D eigenvalue weighted by Gasteiger charge is 2.22. The maximum atomic E-state index is 12.5. The molecule has 110 valence electrons. The number of aliphatic carboxylic acids is 1. The minimum absolute atomic E-state index is 0.212. The number of carboxylic acids is 1. The molecule has 0 saturated carbocycles. The van der Waals surface area contributed by atoms with E-state index in [9.17, 15) is 9.59 Å². The Kier molecular flexibility index (Phi) is 4.37. The number of hydrogen-bond donors (Lipinski definition) is 2. The molecule has 0 aliphatic carbocycles. The first-order valence-electron chi connectivity index (χ1n) is 6.63. The molecule has 2 N–H and O–H groups in total. The maximum Gasteiger partial charge on any atom is 0.323 e. The van der Waals surface area contributed by atoms with Gasteiger partial charge in [0.1, 0.15) is 6.54 Å². The van der Waals surface area contributed by atoms with Gasteiger partial charge >= 0.3 is 5.97 Å². The molecule has 0 bridgehead atoms. The highest BCUT2D eigenvalue weighted by molar-refractivity contribution is 6.07. The van der Waals surface area contributed by atoms with Gasteiger partial charge in [-0.05, 0) is 24.1 Å². The second-order valence-electron chi connectivity index (χ2n) is 4.98. The van der Waals surface area contributed by atoms with Gasteiger partial charge in [0, 0.05) is 11.4 Å². The number of carbonyl (C=O) groups is 2. The molecule has 1 aromatic carbocycles. The summed E-state index contributed by atoms with van der Waals surface area (Å²) < 4.78 is 0. The van der Waals surface area contributed by atoms with Crippen molar-refractivity contribution in [2.75, 3.05) is 11.4 Å². The lowest BCUT2D eigenvalue weighted by Crippen LogP contribution is -2.35. The van der Waals surface area contributed by atoms with Gasteiger partial charge in [-0.1, -0.05) is 32.0 Å². The molecular weight excluding hydrogens is 270 g/mol. The minimum atomic E-state index is -1.08. The van der Waals surface area contributed by atoms with Gasteiger partial charge in [-0.25, -0.2) is 0 Å². The van der Waals surface area contributed by atoms with E-state index in [-0.39, 0.29) is 11.6 Å². The van der Waals surface area contributed by atoms with Crippen LogP contribution >= 0.6 is 0 Å². The Morgan fingerprint density at radius 2 is 1.95 bits per heavy atom. The number of H-pyrrole nitrogens is 1. The molecule has 1 amide bonds. The van der Waals surface area contributed by atoms with E-state index in [4.69, 9.17) is 5.11 Å². The van der Waals surface area contributed by atoms with Crippen molar-refractivity contribution < 1.29 is 14.7 Å². The summed E-state index contributed by atoms with van der Waals surface area (Å²) in [7, 11) is 0. The predicted octanol–water partition coefficient (Wildman–Crippen LogP) is 2.26. The van der Waals surface area contributed by atoms with Gasteiger partial charge in [0.25, 0.3) is 5.91 Å². The number of aromatic amines is 1. The summed E-state index contributed by atoms with van der Waals surface area (Å²) in [6.07, 6.45) is 0. The van der Waals surface area contributed by atoms with Gasteiger partial charge in [0.2, 0.25) is 0 Å². The molecule has 0 aliphatic heterocycles. The molecule has 0 aliphatic rings. The quantitative estimate of drug-likeness (QED) is 0.883. The maximum absolute atomic E-state index is 12.5. The average molecular weight is 287 g/mol. The van der Waals surface area contributed by atoms with Gasteiger partial charge < -0.3 is 5.11 Å². The van der Waals surface area contributed by atoms with Gasteiger partial charge in [-0.3, -0.25) is 19.6 Å². The number of amides is 1. The molecular formula is C15H17N3O3. The summed E-state index contributed by atoms with van der Waals surface area (Å²) in [4.78, 5) is 24.7. The molecule has 21 heavy (non-hydrogen) atoms. The Hall–Kier alpha value is -2.63. The molecule has 6 nitrogen and oxygen atoms in total. The number of nitrogens with zero attached hydrogens (tertiary/aromatic N) is 2. The van der Waals surface area contributed by atoms with Crippen molar-refractivity contribution >= 4 is 17.6 Å². The second kappa shape index (κ2) is 6.21. The fraction of sp³-hybridized carbons (Fsp3) is 0.267. The average Bonchev–Trinajstić information content (AvgIpc) is 2.95. The summed E-state index contributed by atoms with van der Waals surface area (Å²) in [5.74, 6) is -1.30. The molecule has 6 heteroatoms. The van der Waals surface area contributed by atoms with Crippen LogP contribution in [0.3, 0.4) is 0 Å². The minimum Gasteiger partial charge on any atom is -0.480 e. The van der Waals surface area contributed by atoms with Crippen molar-refractivity contribution in [2.45, 2.75) is 19.8 Å². The van der Waals surface area contributed by atoms with Gasteiger partial charge in [0.15, 0.2) is 5.69 Å². The zero-order valence-electron chi connectivity index (χ0n) is 11.9. The Balaban J connectivity index is 2.31. The molecule has 2 aromatic rings. The molecule has 0 saturated heterocycles. The Bertz CT molecular complexity index is 635. The third-order valence-corrected chi connectivity index (χ3v) is 3.05. The highest BCUT2D eigenvalue weighted by Crippen LogP contribution is 2.18. The van der Waals surface area contributed by atoms with Crippen LogP contribution in [0.15, 0.2) is 36.4 Å². The number of aromatic nitrogens is 2. The van der Waals surface area contributed by atoms with Crippen LogP contribution in [0.2, 0.25) is 0 Å². The number of nitrogens with one attached hydrogen (secondary N) is 1. The lowest BCUT2D eigenvalue weighted by atomic mass is 10.1. The molecule has 1 aromatic heterocycles. The Morgan fingerprint density at radius 1 is 1.29 bits per heavy atom. The van der Waals surface area contributed by atoms with Crippen molar-refractivity contribution in [1.82, 2.24) is 10.2 Å². The third-order valence-electron chi connectivity index (χ3n) is 3.05. The van der Waals surface area contributed by atoms with Crippen LogP contribution in [0.4, 0.5) is 5.69 Å². The Morgan fingerprint density at radius 3 is 2.48 bits per heavy atom. The van der Waals surface area contributed by atoms with E-state index in [1.807, 2.05) is 13.8 Å². The van der Waals surface area contributed by atoms with Crippen molar-refractivity contribution in [1.29, 1.82) is 0 Å². The van der Waals surface area contributed by atoms with E-state index in [0.29, 0.717) is 5.69 Å². The van der Waals surface area contributed by atoms with Crippen LogP contribution in [0.25, 0.3) is 0 Å². The molecule has 0 atom stereocenters. The molecule has 0 radical (unpaired) electrons. The van der Waals surface area contributed by atoms with E-state index in [1.54, 1.807) is 36.4 Å². The zero-order valence-corrected chi connectivity index (χ0v) is 11.9. The molecule has 0 spiro atoms. The monoisotopic (exact) mass is 287 g/mol. The van der Waals surface area contributed by atoms with Crippen LogP contribution in [0.5, 0.6) is 0 Å². The number of para-hydroxylation sites is 1. The summed E-state index contributed by atoms with van der Waals surface area (Å²) in [5.41, 5.74) is 1.57. The standard InChI is InChI=1S/C15H17N3O3/c1-10(2)12-8-13(17-16-12)15(21)18(9-14(19)20)11-6-4-3-5-7-11/h3-8,10H,9H2,1-2H3,(H,16,17)(H,19,20). The van der Waals surface area contributed by atoms with Crippen LogP contribution < -0.4 is 4.90 Å². The fourth-order valence-electron chi connectivity index (χ4n) is 1.90. The lowest BCUT2D eigenvalue weighted by Gasteiger charge is -2.19. The summed E-state index contributed by atoms with van der Waals surface area (Å²) in [6, 6.07) is 10.3. The SMILES string of the molecule is CC(C)c1cc(C(=O)N(CC(=O)O)c2ccccc2)n[nH]1. The normalized spacial score (nSPS) is 10.6. The van der Waals surface area contributed by atoms with Gasteiger partial charge in [-0.15, -0.1) is 0 Å². The number of anilines is 1. The Labute approximate surface area is 122 Å². The first-order valence-corrected chi connectivity index (χ1v) is 6.63. The van der Waals surface area contributed by atoms with Crippen molar-refractivity contribution in [3.8, 4) is 0 Å². The largest absolute Gasteiger partial charge is 0.480 e. The second-order valence-corrected chi connectivity index (χ2v) is 4.98. The summed E-state index contributed by atoms with van der Waals surface area (Å²) in [5, 5.41) is 15.8. The van der Waals surface area contributed by atoms with Crippen LogP contribution in [-0.2, 0) is 4.79 Å². The number of rotatable bonds is 5. The number of carbonyl (C=O) groups excluding carboxylic acids is 1.